The van der Waals surface area contributed by atoms with Gasteiger partial charge in [0.25, 0.3) is 5.91 Å². The number of anilines is 2. The van der Waals surface area contributed by atoms with Gasteiger partial charge in [0.05, 0.1) is 5.56 Å². The zero-order chi connectivity index (χ0) is 16.8. The highest BCUT2D eigenvalue weighted by molar-refractivity contribution is 6.06. The number of rotatable bonds is 5. The lowest BCUT2D eigenvalue weighted by atomic mass is 10.1. The van der Waals surface area contributed by atoms with E-state index in [0.29, 0.717) is 12.2 Å². The lowest BCUT2D eigenvalue weighted by Crippen LogP contribution is -2.12. The Kier molecular flexibility index (Phi) is 4.77. The minimum absolute atomic E-state index is 0.0475. The van der Waals surface area contributed by atoms with Crippen LogP contribution >= 0.6 is 0 Å². The summed E-state index contributed by atoms with van der Waals surface area (Å²) in [6.45, 7) is 0.644. The predicted octanol–water partition coefficient (Wildman–Crippen LogP) is 4.26. The average Bonchev–Trinajstić information content (AvgIpc) is 2.62. The van der Waals surface area contributed by atoms with Crippen LogP contribution in [0.15, 0.2) is 78.9 Å². The molecule has 0 aliphatic rings. The molecule has 3 rings (SSSR count). The number of nitrogens with one attached hydrogen (secondary N) is 2. The first-order chi connectivity index (χ1) is 11.7. The third kappa shape index (κ3) is 3.93. The maximum atomic E-state index is 12.4. The molecule has 0 radical (unpaired) electrons. The van der Waals surface area contributed by atoms with Gasteiger partial charge in [0.2, 0.25) is 0 Å². The fraction of sp³-hybridized carbons (Fsp3) is 0.0500. The molecule has 0 atom stereocenters. The largest absolute Gasteiger partial charge is 0.507 e. The maximum absolute atomic E-state index is 12.4. The van der Waals surface area contributed by atoms with Crippen LogP contribution in [0.4, 0.5) is 11.4 Å². The fourth-order valence-corrected chi connectivity index (χ4v) is 2.35. The molecule has 0 aromatic heterocycles. The normalized spacial score (nSPS) is 10.2. The molecule has 3 aromatic rings. The molecule has 4 nitrogen and oxygen atoms in total. The van der Waals surface area contributed by atoms with Crippen LogP contribution in [-0.4, -0.2) is 11.0 Å². The number of carbonyl (C=O) groups is 1. The third-order valence-corrected chi connectivity index (χ3v) is 3.61. The van der Waals surface area contributed by atoms with Crippen LogP contribution in [-0.2, 0) is 6.54 Å². The highest BCUT2D eigenvalue weighted by atomic mass is 16.3. The number of phenols is 1. The van der Waals surface area contributed by atoms with E-state index in [9.17, 15) is 9.90 Å². The molecule has 120 valence electrons. The Hall–Kier alpha value is -3.27. The Morgan fingerprint density at radius 1 is 0.833 bits per heavy atom. The van der Waals surface area contributed by atoms with E-state index in [-0.39, 0.29) is 17.2 Å². The van der Waals surface area contributed by atoms with Crippen molar-refractivity contribution < 1.29 is 9.90 Å². The van der Waals surface area contributed by atoms with Crippen molar-refractivity contribution in [2.75, 3.05) is 10.6 Å². The molecule has 0 aliphatic heterocycles. The number of amides is 1. The van der Waals surface area contributed by atoms with E-state index in [0.717, 1.165) is 11.3 Å². The first kappa shape index (κ1) is 15.6. The second kappa shape index (κ2) is 7.33. The van der Waals surface area contributed by atoms with Gasteiger partial charge in [-0.25, -0.2) is 0 Å². The van der Waals surface area contributed by atoms with E-state index in [1.165, 1.54) is 6.07 Å². The summed E-state index contributed by atoms with van der Waals surface area (Å²) in [5.74, 6) is -0.393. The van der Waals surface area contributed by atoms with Gasteiger partial charge >= 0.3 is 0 Å². The summed E-state index contributed by atoms with van der Waals surface area (Å²) in [7, 11) is 0. The zero-order valence-electron chi connectivity index (χ0n) is 13.1. The topological polar surface area (TPSA) is 61.4 Å². The van der Waals surface area contributed by atoms with Gasteiger partial charge < -0.3 is 15.7 Å². The van der Waals surface area contributed by atoms with Gasteiger partial charge in [-0.2, -0.15) is 0 Å². The van der Waals surface area contributed by atoms with Gasteiger partial charge in [-0.3, -0.25) is 4.79 Å². The van der Waals surface area contributed by atoms with Crippen LogP contribution in [0.2, 0.25) is 0 Å². The molecule has 1 amide bonds. The summed E-state index contributed by atoms with van der Waals surface area (Å²) < 4.78 is 0. The van der Waals surface area contributed by atoms with Gasteiger partial charge in [0, 0.05) is 17.9 Å². The highest BCUT2D eigenvalue weighted by Gasteiger charge is 2.12. The summed E-state index contributed by atoms with van der Waals surface area (Å²) >= 11 is 0. The number of hydrogen-bond acceptors (Lipinski definition) is 3. The second-order valence-corrected chi connectivity index (χ2v) is 5.39. The van der Waals surface area contributed by atoms with Crippen molar-refractivity contribution in [1.82, 2.24) is 0 Å². The van der Waals surface area contributed by atoms with Crippen LogP contribution in [0.5, 0.6) is 5.75 Å². The minimum Gasteiger partial charge on any atom is -0.507 e. The lowest BCUT2D eigenvalue weighted by Gasteiger charge is -2.11. The summed E-state index contributed by atoms with van der Waals surface area (Å²) in [5.41, 5.74) is 2.83. The Balaban J connectivity index is 1.72. The van der Waals surface area contributed by atoms with Gasteiger partial charge in [-0.05, 0) is 35.9 Å². The smallest absolute Gasteiger partial charge is 0.259 e. The molecule has 0 saturated carbocycles. The SMILES string of the molecule is O=C(Nc1ccccc1)c1cc(NCc2ccccc2)ccc1O. The van der Waals surface area contributed by atoms with Gasteiger partial charge in [-0.15, -0.1) is 0 Å². The zero-order valence-corrected chi connectivity index (χ0v) is 13.1. The second-order valence-electron chi connectivity index (χ2n) is 5.39. The number of carbonyl (C=O) groups excluding carboxylic acids is 1. The molecule has 0 saturated heterocycles. The van der Waals surface area contributed by atoms with E-state index in [1.54, 1.807) is 24.3 Å². The molecule has 24 heavy (non-hydrogen) atoms. The van der Waals surface area contributed by atoms with Crippen LogP contribution in [0.1, 0.15) is 15.9 Å². The van der Waals surface area contributed by atoms with Crippen molar-refractivity contribution in [3.8, 4) is 5.75 Å². The van der Waals surface area contributed by atoms with Crippen molar-refractivity contribution in [2.24, 2.45) is 0 Å². The minimum atomic E-state index is -0.345. The van der Waals surface area contributed by atoms with Crippen molar-refractivity contribution in [1.29, 1.82) is 0 Å². The van der Waals surface area contributed by atoms with Crippen LogP contribution < -0.4 is 10.6 Å². The van der Waals surface area contributed by atoms with Gasteiger partial charge in [-0.1, -0.05) is 48.5 Å². The molecular formula is C20H18N2O2. The summed E-state index contributed by atoms with van der Waals surface area (Å²) in [6.07, 6.45) is 0. The average molecular weight is 318 g/mol. The van der Waals surface area contributed by atoms with E-state index < -0.39 is 0 Å². The first-order valence-corrected chi connectivity index (χ1v) is 7.69. The molecule has 0 fully saturated rings. The number of para-hydroxylation sites is 1. The Morgan fingerprint density at radius 3 is 2.21 bits per heavy atom. The van der Waals surface area contributed by atoms with Crippen molar-refractivity contribution in [3.63, 3.8) is 0 Å². The van der Waals surface area contributed by atoms with Crippen LogP contribution in [0, 0.1) is 0 Å². The number of benzene rings is 3. The molecule has 0 heterocycles. The Labute approximate surface area is 140 Å². The maximum Gasteiger partial charge on any atom is 0.259 e. The van der Waals surface area contributed by atoms with Crippen molar-refractivity contribution in [3.05, 3.63) is 90.0 Å². The molecular weight excluding hydrogens is 300 g/mol. The van der Waals surface area contributed by atoms with Crippen LogP contribution in [0.25, 0.3) is 0 Å². The summed E-state index contributed by atoms with van der Waals surface area (Å²) in [5, 5.41) is 16.0. The standard InChI is InChI=1S/C20H18N2O2/c23-19-12-11-17(21-14-15-7-3-1-4-8-15)13-18(19)20(24)22-16-9-5-2-6-10-16/h1-13,21,23H,14H2,(H,22,24). The third-order valence-electron chi connectivity index (χ3n) is 3.61. The number of phenolic OH excluding ortho intramolecular Hbond substituents is 1. The molecule has 0 bridgehead atoms. The van der Waals surface area contributed by atoms with Crippen molar-refractivity contribution >= 4 is 17.3 Å². The van der Waals surface area contributed by atoms with E-state index in [4.69, 9.17) is 0 Å². The molecule has 3 aromatic carbocycles. The summed E-state index contributed by atoms with van der Waals surface area (Å²) in [4.78, 5) is 12.4. The molecule has 0 aliphatic carbocycles. The predicted molar refractivity (Wildman–Crippen MR) is 96.3 cm³/mol. The number of aromatic hydroxyl groups is 1. The fourth-order valence-electron chi connectivity index (χ4n) is 2.35. The van der Waals surface area contributed by atoms with E-state index >= 15 is 0 Å². The highest BCUT2D eigenvalue weighted by Crippen LogP contribution is 2.23. The van der Waals surface area contributed by atoms with Crippen molar-refractivity contribution in [2.45, 2.75) is 6.54 Å². The Morgan fingerprint density at radius 2 is 1.50 bits per heavy atom. The van der Waals surface area contributed by atoms with Crippen LogP contribution in [0.3, 0.4) is 0 Å². The quantitative estimate of drug-likeness (QED) is 0.616. The van der Waals surface area contributed by atoms with Gasteiger partial charge in [0.1, 0.15) is 5.75 Å². The molecule has 0 unspecified atom stereocenters. The molecule has 0 spiro atoms. The van der Waals surface area contributed by atoms with Gasteiger partial charge in [0.15, 0.2) is 0 Å². The van der Waals surface area contributed by atoms with E-state index in [1.807, 2.05) is 48.5 Å². The molecule has 3 N–H and O–H groups in total. The number of hydrogen-bond donors (Lipinski definition) is 3. The first-order valence-electron chi connectivity index (χ1n) is 7.69. The van der Waals surface area contributed by atoms with E-state index in [2.05, 4.69) is 10.6 Å². The Bertz CT molecular complexity index is 818. The molecule has 4 heteroatoms. The lowest BCUT2D eigenvalue weighted by molar-refractivity contribution is 0.102. The summed E-state index contributed by atoms with van der Waals surface area (Å²) in [6, 6.07) is 24.0. The monoisotopic (exact) mass is 318 g/mol.